The van der Waals surface area contributed by atoms with E-state index in [1.54, 1.807) is 13.4 Å². The van der Waals surface area contributed by atoms with E-state index < -0.39 is 0 Å². The Morgan fingerprint density at radius 3 is 2.65 bits per heavy atom. The number of aliphatic imine (C=N–C) groups is 1. The fourth-order valence-electron chi connectivity index (χ4n) is 1.73. The third-order valence-electron chi connectivity index (χ3n) is 2.94. The molecule has 0 atom stereocenters. The van der Waals surface area contributed by atoms with Crippen LogP contribution < -0.4 is 10.6 Å². The average Bonchev–Trinajstić information content (AvgIpc) is 2.78. The van der Waals surface area contributed by atoms with Gasteiger partial charge in [0.2, 0.25) is 0 Å². The number of guanidine groups is 1. The number of hydrogen-bond donors (Lipinski definition) is 2. The highest BCUT2D eigenvalue weighted by atomic mass is 127. The lowest BCUT2D eigenvalue weighted by Gasteiger charge is -2.11. The normalized spacial score (nSPS) is 11.3. The molecule has 0 aromatic carbocycles. The monoisotopic (exact) mass is 394 g/mol. The van der Waals surface area contributed by atoms with Crippen LogP contribution >= 0.6 is 24.0 Å². The summed E-state index contributed by atoms with van der Waals surface area (Å²) in [5.74, 6) is 2.49. The first-order valence-electron chi connectivity index (χ1n) is 6.91. The second-order valence-corrected chi connectivity index (χ2v) is 5.10. The molecule has 1 heterocycles. The van der Waals surface area contributed by atoms with Gasteiger partial charge in [0.1, 0.15) is 6.33 Å². The van der Waals surface area contributed by atoms with Crippen LogP contribution in [-0.4, -0.2) is 34.3 Å². The highest BCUT2D eigenvalue weighted by Crippen LogP contribution is 2.04. The van der Waals surface area contributed by atoms with Crippen molar-refractivity contribution in [1.29, 1.82) is 0 Å². The minimum atomic E-state index is 0. The summed E-state index contributed by atoms with van der Waals surface area (Å²) in [6, 6.07) is 0. The van der Waals surface area contributed by atoms with Crippen molar-refractivity contribution >= 4 is 29.9 Å². The van der Waals surface area contributed by atoms with E-state index in [2.05, 4.69) is 39.7 Å². The van der Waals surface area contributed by atoms with Gasteiger partial charge in [0.05, 0.1) is 6.54 Å². The van der Waals surface area contributed by atoms with Crippen molar-refractivity contribution in [3.8, 4) is 0 Å². The van der Waals surface area contributed by atoms with Gasteiger partial charge in [0, 0.05) is 20.6 Å². The quantitative estimate of drug-likeness (QED) is 0.321. The molecule has 0 unspecified atom stereocenters. The SMILES string of the molecule is CN=C(NCCCCC(C)C)NCc1nncn1C.I. The van der Waals surface area contributed by atoms with Crippen LogP contribution in [0, 0.1) is 5.92 Å². The number of aryl methyl sites for hydroxylation is 1. The number of halogens is 1. The number of unbranched alkanes of at least 4 members (excludes halogenated alkanes) is 1. The number of nitrogens with one attached hydrogen (secondary N) is 2. The molecule has 0 radical (unpaired) electrons. The lowest BCUT2D eigenvalue weighted by atomic mass is 10.1. The molecule has 1 aromatic rings. The maximum absolute atomic E-state index is 4.19. The third-order valence-corrected chi connectivity index (χ3v) is 2.94. The van der Waals surface area contributed by atoms with Gasteiger partial charge < -0.3 is 15.2 Å². The first-order chi connectivity index (χ1) is 9.13. The van der Waals surface area contributed by atoms with Gasteiger partial charge in [-0.05, 0) is 12.3 Å². The first kappa shape index (κ1) is 19.1. The van der Waals surface area contributed by atoms with Crippen LogP contribution in [0.3, 0.4) is 0 Å². The first-order valence-corrected chi connectivity index (χ1v) is 6.91. The Morgan fingerprint density at radius 1 is 1.35 bits per heavy atom. The summed E-state index contributed by atoms with van der Waals surface area (Å²) in [7, 11) is 3.71. The maximum atomic E-state index is 4.19. The maximum Gasteiger partial charge on any atom is 0.191 e. The van der Waals surface area contributed by atoms with Crippen LogP contribution in [0.2, 0.25) is 0 Å². The van der Waals surface area contributed by atoms with Crippen molar-refractivity contribution in [2.24, 2.45) is 18.0 Å². The van der Waals surface area contributed by atoms with Crippen LogP contribution in [0.4, 0.5) is 0 Å². The van der Waals surface area contributed by atoms with Crippen molar-refractivity contribution < 1.29 is 0 Å². The van der Waals surface area contributed by atoms with E-state index in [0.717, 1.165) is 24.2 Å². The molecule has 0 amide bonds. The van der Waals surface area contributed by atoms with Gasteiger partial charge in [0.25, 0.3) is 0 Å². The topological polar surface area (TPSA) is 67.1 Å². The Bertz CT molecular complexity index is 388. The number of nitrogens with zero attached hydrogens (tertiary/aromatic N) is 4. The van der Waals surface area contributed by atoms with Gasteiger partial charge in [-0.15, -0.1) is 34.2 Å². The van der Waals surface area contributed by atoms with Gasteiger partial charge in [-0.3, -0.25) is 4.99 Å². The van der Waals surface area contributed by atoms with Crippen molar-refractivity contribution in [2.75, 3.05) is 13.6 Å². The van der Waals surface area contributed by atoms with E-state index in [4.69, 9.17) is 0 Å². The van der Waals surface area contributed by atoms with E-state index in [1.165, 1.54) is 19.3 Å². The highest BCUT2D eigenvalue weighted by Gasteiger charge is 2.02. The van der Waals surface area contributed by atoms with Crippen LogP contribution in [-0.2, 0) is 13.6 Å². The molecule has 116 valence electrons. The van der Waals surface area contributed by atoms with E-state index in [-0.39, 0.29) is 24.0 Å². The van der Waals surface area contributed by atoms with Crippen LogP contribution in [0.5, 0.6) is 0 Å². The lowest BCUT2D eigenvalue weighted by Crippen LogP contribution is -2.37. The molecule has 0 aliphatic rings. The predicted molar refractivity (Wildman–Crippen MR) is 93.3 cm³/mol. The molecular formula is C13H27IN6. The number of hydrogen-bond acceptors (Lipinski definition) is 3. The van der Waals surface area contributed by atoms with Crippen molar-refractivity contribution in [2.45, 2.75) is 39.7 Å². The molecule has 0 saturated carbocycles. The molecule has 2 N–H and O–H groups in total. The molecule has 6 nitrogen and oxygen atoms in total. The van der Waals surface area contributed by atoms with E-state index in [0.29, 0.717) is 6.54 Å². The van der Waals surface area contributed by atoms with Crippen molar-refractivity contribution in [3.63, 3.8) is 0 Å². The largest absolute Gasteiger partial charge is 0.356 e. The van der Waals surface area contributed by atoms with Crippen LogP contribution in [0.15, 0.2) is 11.3 Å². The predicted octanol–water partition coefficient (Wildman–Crippen LogP) is 1.92. The second kappa shape index (κ2) is 10.9. The summed E-state index contributed by atoms with van der Waals surface area (Å²) in [6.07, 6.45) is 5.40. The molecule has 0 fully saturated rings. The van der Waals surface area contributed by atoms with Crippen molar-refractivity contribution in [1.82, 2.24) is 25.4 Å². The average molecular weight is 394 g/mol. The third kappa shape index (κ3) is 7.66. The molecule has 0 saturated heterocycles. The Morgan fingerprint density at radius 2 is 2.10 bits per heavy atom. The Balaban J connectivity index is 0.00000361. The minimum absolute atomic E-state index is 0. The molecular weight excluding hydrogens is 367 g/mol. The lowest BCUT2D eigenvalue weighted by molar-refractivity contribution is 0.534. The summed E-state index contributed by atoms with van der Waals surface area (Å²) in [6.45, 7) is 6.09. The van der Waals surface area contributed by atoms with E-state index in [9.17, 15) is 0 Å². The zero-order valence-electron chi connectivity index (χ0n) is 12.9. The Kier molecular flexibility index (Phi) is 10.4. The zero-order valence-corrected chi connectivity index (χ0v) is 15.2. The number of aromatic nitrogens is 3. The van der Waals surface area contributed by atoms with Crippen LogP contribution in [0.25, 0.3) is 0 Å². The van der Waals surface area contributed by atoms with E-state index >= 15 is 0 Å². The number of rotatable bonds is 7. The van der Waals surface area contributed by atoms with E-state index in [1.807, 2.05) is 11.6 Å². The van der Waals surface area contributed by atoms with Gasteiger partial charge >= 0.3 is 0 Å². The summed E-state index contributed by atoms with van der Waals surface area (Å²) in [5.41, 5.74) is 0. The fourth-order valence-corrected chi connectivity index (χ4v) is 1.73. The zero-order chi connectivity index (χ0) is 14.1. The second-order valence-electron chi connectivity index (χ2n) is 5.10. The molecule has 0 aliphatic carbocycles. The molecule has 0 bridgehead atoms. The summed E-state index contributed by atoms with van der Waals surface area (Å²) in [4.78, 5) is 4.19. The molecule has 7 heteroatoms. The smallest absolute Gasteiger partial charge is 0.191 e. The summed E-state index contributed by atoms with van der Waals surface area (Å²) in [5, 5.41) is 14.4. The minimum Gasteiger partial charge on any atom is -0.356 e. The fraction of sp³-hybridized carbons (Fsp3) is 0.769. The van der Waals surface area contributed by atoms with Crippen LogP contribution in [0.1, 0.15) is 38.9 Å². The molecule has 0 aliphatic heterocycles. The molecule has 0 spiro atoms. The van der Waals surface area contributed by atoms with Gasteiger partial charge in [0.15, 0.2) is 11.8 Å². The van der Waals surface area contributed by atoms with Gasteiger partial charge in [-0.1, -0.05) is 26.7 Å². The highest BCUT2D eigenvalue weighted by molar-refractivity contribution is 14.0. The molecule has 1 aromatic heterocycles. The molecule has 20 heavy (non-hydrogen) atoms. The summed E-state index contributed by atoms with van der Waals surface area (Å²) < 4.78 is 1.89. The Hall–Kier alpha value is -0.860. The standard InChI is InChI=1S/C13H26N6.HI/c1-11(2)7-5-6-8-15-13(14-3)16-9-12-18-17-10-19(12)4;/h10-11H,5-9H2,1-4H3,(H2,14,15,16);1H. The van der Waals surface area contributed by atoms with Gasteiger partial charge in [-0.2, -0.15) is 0 Å². The summed E-state index contributed by atoms with van der Waals surface area (Å²) >= 11 is 0. The Labute approximate surface area is 138 Å². The van der Waals surface area contributed by atoms with Gasteiger partial charge in [-0.25, -0.2) is 0 Å². The molecule has 1 rings (SSSR count). The van der Waals surface area contributed by atoms with Crippen molar-refractivity contribution in [3.05, 3.63) is 12.2 Å².